The van der Waals surface area contributed by atoms with Crippen LogP contribution in [0.4, 0.5) is 5.69 Å². The summed E-state index contributed by atoms with van der Waals surface area (Å²) in [6, 6.07) is 11.0. The van der Waals surface area contributed by atoms with E-state index in [1.54, 1.807) is 19.2 Å². The SMILES string of the molecule is COc1c(Br)cc(CNc2ccc(O)cc2)cc1Br. The molecule has 0 saturated heterocycles. The minimum absolute atomic E-state index is 0.264. The fourth-order valence-corrected chi connectivity index (χ4v) is 3.30. The van der Waals surface area contributed by atoms with E-state index in [9.17, 15) is 5.11 Å². The molecule has 2 aromatic carbocycles. The van der Waals surface area contributed by atoms with Crippen LogP contribution < -0.4 is 10.1 Å². The van der Waals surface area contributed by atoms with Gasteiger partial charge in [-0.2, -0.15) is 0 Å². The zero-order valence-corrected chi connectivity index (χ0v) is 13.5. The summed E-state index contributed by atoms with van der Waals surface area (Å²) in [5.74, 6) is 1.05. The van der Waals surface area contributed by atoms with Crippen molar-refractivity contribution in [2.75, 3.05) is 12.4 Å². The second-order valence-corrected chi connectivity index (χ2v) is 5.70. The highest BCUT2D eigenvalue weighted by molar-refractivity contribution is 9.11. The maximum atomic E-state index is 9.22. The predicted octanol–water partition coefficient (Wildman–Crippen LogP) is 4.54. The fourth-order valence-electron chi connectivity index (χ4n) is 1.69. The van der Waals surface area contributed by atoms with E-state index in [4.69, 9.17) is 4.74 Å². The van der Waals surface area contributed by atoms with Crippen LogP contribution in [0.25, 0.3) is 0 Å². The maximum Gasteiger partial charge on any atom is 0.147 e. The predicted molar refractivity (Wildman–Crippen MR) is 83.8 cm³/mol. The van der Waals surface area contributed by atoms with E-state index in [0.717, 1.165) is 25.9 Å². The van der Waals surface area contributed by atoms with Gasteiger partial charge in [-0.15, -0.1) is 0 Å². The number of aromatic hydroxyl groups is 1. The van der Waals surface area contributed by atoms with Gasteiger partial charge >= 0.3 is 0 Å². The third-order valence-corrected chi connectivity index (χ3v) is 3.80. The number of nitrogens with one attached hydrogen (secondary N) is 1. The molecule has 0 atom stereocenters. The third kappa shape index (κ3) is 3.64. The van der Waals surface area contributed by atoms with Crippen LogP contribution in [0, 0.1) is 0 Å². The van der Waals surface area contributed by atoms with Gasteiger partial charge < -0.3 is 15.2 Å². The number of halogens is 2. The number of hydrogen-bond acceptors (Lipinski definition) is 3. The highest BCUT2D eigenvalue weighted by Crippen LogP contribution is 2.34. The summed E-state index contributed by atoms with van der Waals surface area (Å²) in [6.45, 7) is 0.686. The lowest BCUT2D eigenvalue weighted by Crippen LogP contribution is -2.00. The van der Waals surface area contributed by atoms with E-state index in [0.29, 0.717) is 6.54 Å². The second kappa shape index (κ2) is 6.30. The Kier molecular flexibility index (Phi) is 4.71. The number of rotatable bonds is 4. The van der Waals surface area contributed by atoms with E-state index in [1.807, 2.05) is 24.3 Å². The molecule has 19 heavy (non-hydrogen) atoms. The summed E-state index contributed by atoms with van der Waals surface area (Å²) in [5.41, 5.74) is 2.08. The first-order chi connectivity index (χ1) is 9.10. The van der Waals surface area contributed by atoms with Crippen molar-refractivity contribution in [2.45, 2.75) is 6.54 Å². The van der Waals surface area contributed by atoms with Crippen molar-refractivity contribution in [1.82, 2.24) is 0 Å². The van der Waals surface area contributed by atoms with Gasteiger partial charge in [-0.05, 0) is 73.8 Å². The Bertz CT molecular complexity index is 547. The van der Waals surface area contributed by atoms with Crippen LogP contribution in [-0.2, 0) is 6.54 Å². The van der Waals surface area contributed by atoms with Crippen molar-refractivity contribution in [1.29, 1.82) is 0 Å². The molecule has 2 aromatic rings. The molecular weight excluding hydrogens is 374 g/mol. The molecule has 0 aliphatic carbocycles. The molecule has 0 amide bonds. The highest BCUT2D eigenvalue weighted by atomic mass is 79.9. The Morgan fingerprint density at radius 3 is 2.21 bits per heavy atom. The van der Waals surface area contributed by atoms with E-state index in [-0.39, 0.29) is 5.75 Å². The molecule has 0 aromatic heterocycles. The molecule has 2 rings (SSSR count). The Hall–Kier alpha value is -1.20. The van der Waals surface area contributed by atoms with Gasteiger partial charge in [-0.25, -0.2) is 0 Å². The number of anilines is 1. The molecule has 3 nitrogen and oxygen atoms in total. The number of phenols is 1. The smallest absolute Gasteiger partial charge is 0.147 e. The van der Waals surface area contributed by atoms with Crippen LogP contribution in [0.1, 0.15) is 5.56 Å². The van der Waals surface area contributed by atoms with Crippen LogP contribution in [0.5, 0.6) is 11.5 Å². The molecule has 100 valence electrons. The van der Waals surface area contributed by atoms with Crippen molar-refractivity contribution in [3.8, 4) is 11.5 Å². The van der Waals surface area contributed by atoms with Crippen molar-refractivity contribution in [3.05, 3.63) is 50.9 Å². The number of benzene rings is 2. The first-order valence-electron chi connectivity index (χ1n) is 5.65. The molecule has 0 fully saturated rings. The van der Waals surface area contributed by atoms with Gasteiger partial charge in [0, 0.05) is 12.2 Å². The topological polar surface area (TPSA) is 41.5 Å². The summed E-state index contributed by atoms with van der Waals surface area (Å²) in [6.07, 6.45) is 0. The Morgan fingerprint density at radius 1 is 1.11 bits per heavy atom. The van der Waals surface area contributed by atoms with Crippen molar-refractivity contribution in [3.63, 3.8) is 0 Å². The van der Waals surface area contributed by atoms with E-state index in [1.165, 1.54) is 0 Å². The monoisotopic (exact) mass is 385 g/mol. The lowest BCUT2D eigenvalue weighted by molar-refractivity contribution is 0.409. The molecule has 5 heteroatoms. The fraction of sp³-hybridized carbons (Fsp3) is 0.143. The Balaban J connectivity index is 2.09. The van der Waals surface area contributed by atoms with E-state index in [2.05, 4.69) is 37.2 Å². The lowest BCUT2D eigenvalue weighted by Gasteiger charge is -2.11. The molecule has 0 spiro atoms. The summed E-state index contributed by atoms with van der Waals surface area (Å²) < 4.78 is 7.08. The number of ether oxygens (including phenoxy) is 1. The summed E-state index contributed by atoms with van der Waals surface area (Å²) in [4.78, 5) is 0. The summed E-state index contributed by atoms with van der Waals surface area (Å²) >= 11 is 6.96. The van der Waals surface area contributed by atoms with E-state index < -0.39 is 0 Å². The highest BCUT2D eigenvalue weighted by Gasteiger charge is 2.07. The van der Waals surface area contributed by atoms with Crippen LogP contribution >= 0.6 is 31.9 Å². The zero-order chi connectivity index (χ0) is 13.8. The summed E-state index contributed by atoms with van der Waals surface area (Å²) in [7, 11) is 1.64. The maximum absolute atomic E-state index is 9.22. The average molecular weight is 387 g/mol. The molecule has 0 unspecified atom stereocenters. The van der Waals surface area contributed by atoms with E-state index >= 15 is 0 Å². The molecule has 0 heterocycles. The lowest BCUT2D eigenvalue weighted by atomic mass is 10.2. The van der Waals surface area contributed by atoms with Crippen molar-refractivity contribution >= 4 is 37.5 Å². The Morgan fingerprint density at radius 2 is 1.68 bits per heavy atom. The minimum Gasteiger partial charge on any atom is -0.508 e. The number of methoxy groups -OCH3 is 1. The van der Waals surface area contributed by atoms with Crippen LogP contribution in [-0.4, -0.2) is 12.2 Å². The van der Waals surface area contributed by atoms with Crippen molar-refractivity contribution < 1.29 is 9.84 Å². The van der Waals surface area contributed by atoms with Gasteiger partial charge in [0.1, 0.15) is 11.5 Å². The van der Waals surface area contributed by atoms with Crippen LogP contribution in [0.3, 0.4) is 0 Å². The summed E-state index contributed by atoms with van der Waals surface area (Å²) in [5, 5.41) is 12.5. The van der Waals surface area contributed by atoms with Gasteiger partial charge in [-0.3, -0.25) is 0 Å². The first kappa shape index (κ1) is 14.2. The van der Waals surface area contributed by atoms with Gasteiger partial charge in [0.05, 0.1) is 16.1 Å². The minimum atomic E-state index is 0.264. The molecular formula is C14H13Br2NO2. The zero-order valence-electron chi connectivity index (χ0n) is 10.3. The number of phenolic OH excluding ortho intramolecular Hbond substituents is 1. The molecule has 0 radical (unpaired) electrons. The van der Waals surface area contributed by atoms with Gasteiger partial charge in [0.2, 0.25) is 0 Å². The van der Waals surface area contributed by atoms with Gasteiger partial charge in [-0.1, -0.05) is 0 Å². The molecule has 0 saturated carbocycles. The van der Waals surface area contributed by atoms with Gasteiger partial charge in [0.25, 0.3) is 0 Å². The average Bonchev–Trinajstić information content (AvgIpc) is 2.38. The standard InChI is InChI=1S/C14H13Br2NO2/c1-19-14-12(15)6-9(7-13(14)16)8-17-10-2-4-11(18)5-3-10/h2-7,17-18H,8H2,1H3. The quantitative estimate of drug-likeness (QED) is 0.758. The molecule has 2 N–H and O–H groups in total. The van der Waals surface area contributed by atoms with Crippen LogP contribution in [0.2, 0.25) is 0 Å². The normalized spacial score (nSPS) is 10.3. The molecule has 0 aliphatic rings. The molecule has 0 bridgehead atoms. The Labute approximate surface area is 128 Å². The second-order valence-electron chi connectivity index (χ2n) is 3.99. The number of hydrogen-bond donors (Lipinski definition) is 2. The van der Waals surface area contributed by atoms with Gasteiger partial charge in [0.15, 0.2) is 0 Å². The van der Waals surface area contributed by atoms with Crippen molar-refractivity contribution in [2.24, 2.45) is 0 Å². The van der Waals surface area contributed by atoms with Crippen LogP contribution in [0.15, 0.2) is 45.3 Å². The largest absolute Gasteiger partial charge is 0.508 e. The molecule has 0 aliphatic heterocycles. The third-order valence-electron chi connectivity index (χ3n) is 2.63. The first-order valence-corrected chi connectivity index (χ1v) is 7.23.